The first-order valence-corrected chi connectivity index (χ1v) is 9.93. The number of piperidine rings is 1. The molecule has 0 spiro atoms. The lowest BCUT2D eigenvalue weighted by atomic mass is 9.95. The molecule has 0 bridgehead atoms. The molecule has 0 saturated carbocycles. The van der Waals surface area contributed by atoms with Crippen LogP contribution in [0.25, 0.3) is 5.69 Å². The van der Waals surface area contributed by atoms with Crippen LogP contribution in [0.5, 0.6) is 0 Å². The number of carbonyl (C=O) groups excluding carboxylic acids is 2. The van der Waals surface area contributed by atoms with Crippen molar-refractivity contribution in [2.45, 2.75) is 19.8 Å². The molecule has 1 saturated heterocycles. The maximum absolute atomic E-state index is 14.3. The van der Waals surface area contributed by atoms with Gasteiger partial charge in [0.15, 0.2) is 5.82 Å². The van der Waals surface area contributed by atoms with E-state index in [-0.39, 0.29) is 30.2 Å². The molecule has 1 aliphatic rings. The van der Waals surface area contributed by atoms with Crippen molar-refractivity contribution in [1.29, 1.82) is 0 Å². The lowest BCUT2D eigenvalue weighted by Crippen LogP contribution is -2.41. The van der Waals surface area contributed by atoms with E-state index in [2.05, 4.69) is 20.8 Å². The van der Waals surface area contributed by atoms with Crippen molar-refractivity contribution in [3.05, 3.63) is 65.2 Å². The molecule has 2 amide bonds. The minimum Gasteiger partial charge on any atom is -0.339 e. The molecule has 8 nitrogen and oxygen atoms in total. The molecule has 11 heteroatoms. The Morgan fingerprint density at radius 3 is 2.44 bits per heavy atom. The topological polar surface area (TPSA) is 93.0 Å². The summed E-state index contributed by atoms with van der Waals surface area (Å²) < 4.78 is 42.7. The fraction of sp³-hybridized carbons (Fsp3) is 0.286. The first-order valence-electron chi connectivity index (χ1n) is 9.93. The lowest BCUT2D eigenvalue weighted by molar-refractivity contribution is -0.121. The summed E-state index contributed by atoms with van der Waals surface area (Å²) >= 11 is 0. The van der Waals surface area contributed by atoms with Crippen LogP contribution in [0.4, 0.5) is 18.9 Å². The summed E-state index contributed by atoms with van der Waals surface area (Å²) in [6, 6.07) is 6.93. The van der Waals surface area contributed by atoms with Crippen molar-refractivity contribution in [2.24, 2.45) is 5.92 Å². The third-order valence-electron chi connectivity index (χ3n) is 5.39. The molecule has 32 heavy (non-hydrogen) atoms. The van der Waals surface area contributed by atoms with Crippen molar-refractivity contribution in [1.82, 2.24) is 25.1 Å². The summed E-state index contributed by atoms with van der Waals surface area (Å²) in [5, 5.41) is 13.7. The molecule has 3 aromatic rings. The molecular weight excluding hydrogens is 425 g/mol. The molecule has 2 aromatic carbocycles. The number of tetrazole rings is 1. The van der Waals surface area contributed by atoms with E-state index in [9.17, 15) is 22.8 Å². The highest BCUT2D eigenvalue weighted by atomic mass is 19.1. The van der Waals surface area contributed by atoms with Crippen LogP contribution in [0.1, 0.15) is 29.0 Å². The normalized spacial score (nSPS) is 14.4. The molecule has 1 aromatic heterocycles. The van der Waals surface area contributed by atoms with Gasteiger partial charge >= 0.3 is 0 Å². The van der Waals surface area contributed by atoms with Crippen LogP contribution in [0.2, 0.25) is 0 Å². The van der Waals surface area contributed by atoms with Crippen molar-refractivity contribution >= 4 is 17.5 Å². The van der Waals surface area contributed by atoms with Gasteiger partial charge in [-0.15, -0.1) is 5.10 Å². The summed E-state index contributed by atoms with van der Waals surface area (Å²) in [6.45, 7) is 2.13. The quantitative estimate of drug-likeness (QED) is 0.668. The molecule has 166 valence electrons. The Kier molecular flexibility index (Phi) is 5.89. The first-order chi connectivity index (χ1) is 15.3. The van der Waals surface area contributed by atoms with Crippen LogP contribution < -0.4 is 5.32 Å². The Bertz CT molecular complexity index is 1170. The molecule has 0 atom stereocenters. The van der Waals surface area contributed by atoms with Crippen molar-refractivity contribution < 1.29 is 22.8 Å². The second kappa shape index (κ2) is 8.77. The van der Waals surface area contributed by atoms with Gasteiger partial charge in [-0.05, 0) is 60.5 Å². The summed E-state index contributed by atoms with van der Waals surface area (Å²) in [5.41, 5.74) is 0.270. The predicted molar refractivity (Wildman–Crippen MR) is 107 cm³/mol. The average molecular weight is 444 g/mol. The van der Waals surface area contributed by atoms with Crippen LogP contribution in [0.15, 0.2) is 36.4 Å². The lowest BCUT2D eigenvalue weighted by Gasteiger charge is -2.31. The minimum atomic E-state index is -0.928. The van der Waals surface area contributed by atoms with Gasteiger partial charge in [0, 0.05) is 25.1 Å². The van der Waals surface area contributed by atoms with Gasteiger partial charge in [-0.25, -0.2) is 13.2 Å². The highest BCUT2D eigenvalue weighted by Crippen LogP contribution is 2.24. The van der Waals surface area contributed by atoms with E-state index in [1.54, 1.807) is 6.92 Å². The molecular formula is C21H19F3N6O2. The molecule has 4 rings (SSSR count). The molecule has 1 fully saturated rings. The van der Waals surface area contributed by atoms with E-state index in [1.165, 1.54) is 27.8 Å². The number of benzene rings is 2. The van der Waals surface area contributed by atoms with Gasteiger partial charge in [-0.2, -0.15) is 4.68 Å². The second-order valence-electron chi connectivity index (χ2n) is 7.48. The average Bonchev–Trinajstić information content (AvgIpc) is 3.21. The summed E-state index contributed by atoms with van der Waals surface area (Å²) in [4.78, 5) is 26.6. The Balaban J connectivity index is 1.40. The van der Waals surface area contributed by atoms with E-state index in [0.29, 0.717) is 30.4 Å². The van der Waals surface area contributed by atoms with Crippen molar-refractivity contribution in [3.63, 3.8) is 0 Å². The first kappa shape index (κ1) is 21.5. The molecule has 1 N–H and O–H groups in total. The van der Waals surface area contributed by atoms with E-state index >= 15 is 0 Å². The van der Waals surface area contributed by atoms with Crippen molar-refractivity contribution in [2.75, 3.05) is 18.4 Å². The van der Waals surface area contributed by atoms with E-state index < -0.39 is 29.3 Å². The molecule has 0 unspecified atom stereocenters. The number of aromatic nitrogens is 4. The number of nitrogens with zero attached hydrogens (tertiary/aromatic N) is 5. The maximum Gasteiger partial charge on any atom is 0.256 e. The van der Waals surface area contributed by atoms with Gasteiger partial charge in [0.1, 0.15) is 17.5 Å². The minimum absolute atomic E-state index is 0.00529. The van der Waals surface area contributed by atoms with Gasteiger partial charge in [0.2, 0.25) is 5.91 Å². The number of nitrogens with one attached hydrogen (secondary N) is 1. The number of rotatable bonds is 4. The van der Waals surface area contributed by atoms with Crippen LogP contribution >= 0.6 is 0 Å². The zero-order valence-electron chi connectivity index (χ0n) is 17.1. The van der Waals surface area contributed by atoms with E-state index in [1.807, 2.05) is 0 Å². The summed E-state index contributed by atoms with van der Waals surface area (Å²) in [7, 11) is 0. The van der Waals surface area contributed by atoms with Gasteiger partial charge in [0.05, 0.1) is 16.9 Å². The largest absolute Gasteiger partial charge is 0.339 e. The van der Waals surface area contributed by atoms with Gasteiger partial charge < -0.3 is 10.2 Å². The molecule has 2 heterocycles. The van der Waals surface area contributed by atoms with E-state index in [4.69, 9.17) is 0 Å². The number of likely N-dealkylation sites (tertiary alicyclic amines) is 1. The molecule has 0 aliphatic carbocycles. The third kappa shape index (κ3) is 4.32. The third-order valence-corrected chi connectivity index (χ3v) is 5.39. The zero-order valence-corrected chi connectivity index (χ0v) is 17.1. The zero-order chi connectivity index (χ0) is 22.8. The SMILES string of the molecule is Cc1nnnn1-c1ccc(F)c(NC(=O)C2CCN(C(=O)c3ccc(F)cc3F)CC2)c1. The highest BCUT2D eigenvalue weighted by molar-refractivity contribution is 5.95. The number of carbonyl (C=O) groups is 2. The Morgan fingerprint density at radius 2 is 1.78 bits per heavy atom. The Hall–Kier alpha value is -3.76. The monoisotopic (exact) mass is 444 g/mol. The van der Waals surface area contributed by atoms with Crippen LogP contribution in [0, 0.1) is 30.3 Å². The Morgan fingerprint density at radius 1 is 1.03 bits per heavy atom. The smallest absolute Gasteiger partial charge is 0.256 e. The number of anilines is 1. The number of aryl methyl sites for hydroxylation is 1. The van der Waals surface area contributed by atoms with Crippen molar-refractivity contribution in [3.8, 4) is 5.69 Å². The highest BCUT2D eigenvalue weighted by Gasteiger charge is 2.29. The number of hydrogen-bond donors (Lipinski definition) is 1. The van der Waals surface area contributed by atoms with Crippen LogP contribution in [-0.4, -0.2) is 50.0 Å². The Labute approximate surface area is 181 Å². The maximum atomic E-state index is 14.3. The van der Waals surface area contributed by atoms with Crippen LogP contribution in [-0.2, 0) is 4.79 Å². The molecule has 0 radical (unpaired) electrons. The molecule has 1 aliphatic heterocycles. The number of amides is 2. The summed E-state index contributed by atoms with van der Waals surface area (Å²) in [5.74, 6) is -3.18. The predicted octanol–water partition coefficient (Wildman–Crippen LogP) is 2.88. The van der Waals surface area contributed by atoms with E-state index in [0.717, 1.165) is 12.1 Å². The van der Waals surface area contributed by atoms with Crippen LogP contribution in [0.3, 0.4) is 0 Å². The van der Waals surface area contributed by atoms with Gasteiger partial charge in [0.25, 0.3) is 5.91 Å². The number of hydrogen-bond acceptors (Lipinski definition) is 5. The number of halogens is 3. The standard InChI is InChI=1S/C21H19F3N6O2/c1-12-26-27-28-30(12)15-3-5-17(23)19(11-15)25-20(31)13-6-8-29(9-7-13)21(32)16-4-2-14(22)10-18(16)24/h2-5,10-11,13H,6-9H2,1H3,(H,25,31). The van der Waals surface area contributed by atoms with Gasteiger partial charge in [-0.3, -0.25) is 9.59 Å². The fourth-order valence-electron chi connectivity index (χ4n) is 3.62. The van der Waals surface area contributed by atoms with Gasteiger partial charge in [-0.1, -0.05) is 0 Å². The summed E-state index contributed by atoms with van der Waals surface area (Å²) in [6.07, 6.45) is 0.654. The fourth-order valence-corrected chi connectivity index (χ4v) is 3.62. The second-order valence-corrected chi connectivity index (χ2v) is 7.48.